The zero-order valence-electron chi connectivity index (χ0n) is 9.22. The predicted octanol–water partition coefficient (Wildman–Crippen LogP) is 2.72. The molecule has 0 spiro atoms. The molecule has 0 saturated heterocycles. The van der Waals surface area contributed by atoms with E-state index in [-0.39, 0.29) is 6.61 Å². The van der Waals surface area contributed by atoms with Gasteiger partial charge in [0.25, 0.3) is 0 Å². The number of halogens is 1. The quantitative estimate of drug-likeness (QED) is 0.910. The van der Waals surface area contributed by atoms with Gasteiger partial charge in [-0.15, -0.1) is 0 Å². The van der Waals surface area contributed by atoms with E-state index in [1.54, 1.807) is 24.4 Å². The Morgan fingerprint density at radius 2 is 2.24 bits per heavy atom. The highest BCUT2D eigenvalue weighted by Crippen LogP contribution is 2.28. The van der Waals surface area contributed by atoms with Gasteiger partial charge in [0.2, 0.25) is 5.88 Å². The van der Waals surface area contributed by atoms with Gasteiger partial charge >= 0.3 is 0 Å². The molecular formula is C12H11ClN2O2. The summed E-state index contributed by atoms with van der Waals surface area (Å²) in [5, 5.41) is 9.30. The molecule has 0 amide bonds. The lowest BCUT2D eigenvalue weighted by molar-refractivity contribution is 0.281. The van der Waals surface area contributed by atoms with Gasteiger partial charge in [-0.05, 0) is 30.7 Å². The first-order valence-corrected chi connectivity index (χ1v) is 5.43. The minimum absolute atomic E-state index is 0.0983. The van der Waals surface area contributed by atoms with E-state index in [2.05, 4.69) is 9.97 Å². The average molecular weight is 251 g/mol. The number of hydrogen-bond acceptors (Lipinski definition) is 4. The Balaban J connectivity index is 2.28. The van der Waals surface area contributed by atoms with E-state index in [0.29, 0.717) is 22.2 Å². The molecule has 2 heterocycles. The van der Waals surface area contributed by atoms with Crippen molar-refractivity contribution in [2.75, 3.05) is 0 Å². The predicted molar refractivity (Wildman–Crippen MR) is 64.2 cm³/mol. The Hall–Kier alpha value is -1.65. The van der Waals surface area contributed by atoms with E-state index in [1.807, 2.05) is 6.92 Å². The maximum atomic E-state index is 8.94. The fraction of sp³-hybridized carbons (Fsp3) is 0.167. The van der Waals surface area contributed by atoms with Crippen molar-refractivity contribution >= 4 is 11.6 Å². The summed E-state index contributed by atoms with van der Waals surface area (Å²) < 4.78 is 5.55. The van der Waals surface area contributed by atoms with Crippen molar-refractivity contribution in [2.24, 2.45) is 0 Å². The van der Waals surface area contributed by atoms with Crippen molar-refractivity contribution < 1.29 is 9.84 Å². The molecule has 0 aliphatic carbocycles. The molecule has 0 unspecified atom stereocenters. The van der Waals surface area contributed by atoms with Crippen molar-refractivity contribution in [1.82, 2.24) is 9.97 Å². The van der Waals surface area contributed by atoms with Crippen molar-refractivity contribution in [2.45, 2.75) is 13.5 Å². The summed E-state index contributed by atoms with van der Waals surface area (Å²) >= 11 is 5.99. The minimum atomic E-state index is -0.0983. The molecule has 17 heavy (non-hydrogen) atoms. The summed E-state index contributed by atoms with van der Waals surface area (Å²) in [5.41, 5.74) is 1.40. The van der Waals surface area contributed by atoms with E-state index in [1.165, 1.54) is 6.20 Å². The van der Waals surface area contributed by atoms with Gasteiger partial charge in [0.1, 0.15) is 5.02 Å². The molecule has 0 aromatic carbocycles. The number of ether oxygens (including phenoxy) is 1. The topological polar surface area (TPSA) is 55.2 Å². The first kappa shape index (κ1) is 11.8. The van der Waals surface area contributed by atoms with Gasteiger partial charge in [0, 0.05) is 12.4 Å². The molecule has 2 aromatic rings. The first-order chi connectivity index (χ1) is 8.20. The molecule has 0 bridgehead atoms. The fourth-order valence-corrected chi connectivity index (χ4v) is 1.54. The highest BCUT2D eigenvalue weighted by molar-refractivity contribution is 6.31. The van der Waals surface area contributed by atoms with Gasteiger partial charge in [-0.2, -0.15) is 0 Å². The zero-order chi connectivity index (χ0) is 12.3. The molecule has 0 saturated carbocycles. The summed E-state index contributed by atoms with van der Waals surface area (Å²) in [4.78, 5) is 8.15. The molecule has 1 N–H and O–H groups in total. The monoisotopic (exact) mass is 250 g/mol. The van der Waals surface area contributed by atoms with Crippen LogP contribution in [0.4, 0.5) is 0 Å². The lowest BCUT2D eigenvalue weighted by Crippen LogP contribution is -1.94. The summed E-state index contributed by atoms with van der Waals surface area (Å²) in [5.74, 6) is 0.915. The molecule has 0 atom stereocenters. The summed E-state index contributed by atoms with van der Waals surface area (Å²) in [6, 6.07) is 5.19. The maximum absolute atomic E-state index is 8.94. The van der Waals surface area contributed by atoms with E-state index in [4.69, 9.17) is 21.4 Å². The zero-order valence-corrected chi connectivity index (χ0v) is 9.98. The van der Waals surface area contributed by atoms with Crippen LogP contribution < -0.4 is 4.74 Å². The second-order valence-electron chi connectivity index (χ2n) is 3.48. The second-order valence-corrected chi connectivity index (χ2v) is 3.88. The van der Waals surface area contributed by atoms with Gasteiger partial charge in [-0.25, -0.2) is 4.98 Å². The molecule has 0 fully saturated rings. The van der Waals surface area contributed by atoms with Crippen LogP contribution in [0.2, 0.25) is 5.02 Å². The number of nitrogens with zero attached hydrogens (tertiary/aromatic N) is 2. The van der Waals surface area contributed by atoms with Gasteiger partial charge < -0.3 is 9.84 Å². The van der Waals surface area contributed by atoms with Crippen LogP contribution in [0.5, 0.6) is 11.6 Å². The van der Waals surface area contributed by atoms with E-state index < -0.39 is 0 Å². The first-order valence-electron chi connectivity index (χ1n) is 5.05. The van der Waals surface area contributed by atoms with Crippen LogP contribution in [0.1, 0.15) is 11.3 Å². The fourth-order valence-electron chi connectivity index (χ4n) is 1.31. The summed E-state index contributed by atoms with van der Waals surface area (Å²) in [6.07, 6.45) is 3.21. The number of pyridine rings is 2. The van der Waals surface area contributed by atoms with Crippen molar-refractivity contribution in [3.05, 3.63) is 46.9 Å². The third kappa shape index (κ3) is 2.72. The molecule has 0 aliphatic heterocycles. The van der Waals surface area contributed by atoms with Crippen molar-refractivity contribution in [1.29, 1.82) is 0 Å². The summed E-state index contributed by atoms with van der Waals surface area (Å²) in [7, 11) is 0. The number of rotatable bonds is 3. The Labute approximate surface area is 104 Å². The standard InChI is InChI=1S/C12H11ClN2O2/c1-8-11(3-2-4-14-8)17-12-10(13)5-9(7-16)6-15-12/h2-6,16H,7H2,1H3. The molecule has 2 rings (SSSR count). The van der Waals surface area contributed by atoms with E-state index in [0.717, 1.165) is 5.69 Å². The molecule has 0 aliphatic rings. The lowest BCUT2D eigenvalue weighted by Gasteiger charge is -2.08. The minimum Gasteiger partial charge on any atom is -0.436 e. The van der Waals surface area contributed by atoms with Crippen molar-refractivity contribution in [3.8, 4) is 11.6 Å². The molecule has 4 nitrogen and oxygen atoms in total. The maximum Gasteiger partial charge on any atom is 0.238 e. The Morgan fingerprint density at radius 3 is 2.88 bits per heavy atom. The Kier molecular flexibility index (Phi) is 3.56. The third-order valence-corrected chi connectivity index (χ3v) is 2.48. The highest BCUT2D eigenvalue weighted by Gasteiger charge is 2.07. The van der Waals surface area contributed by atoms with Crippen LogP contribution in [-0.4, -0.2) is 15.1 Å². The lowest BCUT2D eigenvalue weighted by atomic mass is 10.3. The molecular weight excluding hydrogens is 240 g/mol. The third-order valence-electron chi connectivity index (χ3n) is 2.21. The number of aliphatic hydroxyl groups is 1. The SMILES string of the molecule is Cc1ncccc1Oc1ncc(CO)cc1Cl. The van der Waals surface area contributed by atoms with E-state index in [9.17, 15) is 0 Å². The van der Waals surface area contributed by atoms with Crippen molar-refractivity contribution in [3.63, 3.8) is 0 Å². The number of aryl methyl sites for hydroxylation is 1. The Morgan fingerprint density at radius 1 is 1.41 bits per heavy atom. The van der Waals surface area contributed by atoms with Crippen LogP contribution in [0.3, 0.4) is 0 Å². The smallest absolute Gasteiger partial charge is 0.238 e. The van der Waals surface area contributed by atoms with Crippen LogP contribution in [-0.2, 0) is 6.61 Å². The largest absolute Gasteiger partial charge is 0.436 e. The van der Waals surface area contributed by atoms with Crippen LogP contribution in [0.25, 0.3) is 0 Å². The number of hydrogen-bond donors (Lipinski definition) is 1. The highest BCUT2D eigenvalue weighted by atomic mass is 35.5. The van der Waals surface area contributed by atoms with Gasteiger partial charge in [0.15, 0.2) is 5.75 Å². The van der Waals surface area contributed by atoms with Gasteiger partial charge in [-0.3, -0.25) is 4.98 Å². The average Bonchev–Trinajstić information content (AvgIpc) is 2.34. The Bertz CT molecular complexity index is 532. The number of aromatic nitrogens is 2. The van der Waals surface area contributed by atoms with Gasteiger partial charge in [0.05, 0.1) is 12.3 Å². The molecule has 2 aromatic heterocycles. The van der Waals surface area contributed by atoms with Gasteiger partial charge in [-0.1, -0.05) is 11.6 Å². The number of aliphatic hydroxyl groups excluding tert-OH is 1. The molecule has 88 valence electrons. The second kappa shape index (κ2) is 5.12. The van der Waals surface area contributed by atoms with E-state index >= 15 is 0 Å². The van der Waals surface area contributed by atoms with Crippen LogP contribution in [0.15, 0.2) is 30.6 Å². The summed E-state index contributed by atoms with van der Waals surface area (Å²) in [6.45, 7) is 1.74. The van der Waals surface area contributed by atoms with Crippen LogP contribution in [0, 0.1) is 6.92 Å². The molecule has 0 radical (unpaired) electrons. The molecule has 5 heteroatoms. The van der Waals surface area contributed by atoms with Crippen LogP contribution >= 0.6 is 11.6 Å². The normalized spacial score (nSPS) is 10.3.